The minimum absolute atomic E-state index is 0.145. The summed E-state index contributed by atoms with van der Waals surface area (Å²) in [7, 11) is -0.344. The van der Waals surface area contributed by atoms with Crippen molar-refractivity contribution in [3.63, 3.8) is 0 Å². The molecule has 3 aromatic rings. The number of ether oxygens (including phenoxy) is 2. The maximum atomic E-state index is 13.3. The molecule has 1 aromatic heterocycles. The Morgan fingerprint density at radius 1 is 1.09 bits per heavy atom. The van der Waals surface area contributed by atoms with E-state index in [-0.39, 0.29) is 5.76 Å². The quantitative estimate of drug-likeness (QED) is 0.565. The Hall–Kier alpha value is -3.79. The van der Waals surface area contributed by atoms with Crippen LogP contribution in [0.3, 0.4) is 0 Å². The lowest BCUT2D eigenvalue weighted by Crippen LogP contribution is -2.27. The third-order valence-corrected chi connectivity index (χ3v) is 5.76. The molecule has 1 amide bonds. The molecule has 1 aliphatic heterocycles. The summed E-state index contributed by atoms with van der Waals surface area (Å²) in [5.74, 6) is 0.839. The number of furan rings is 1. The first kappa shape index (κ1) is 22.4. The molecular weight excluding hydrogens is 446 g/mol. The van der Waals surface area contributed by atoms with Gasteiger partial charge < -0.3 is 13.9 Å². The van der Waals surface area contributed by atoms with E-state index in [0.29, 0.717) is 40.4 Å². The first-order valence-corrected chi connectivity index (χ1v) is 11.9. The highest BCUT2D eigenvalue weighted by molar-refractivity contribution is 7.92. The summed E-state index contributed by atoms with van der Waals surface area (Å²) in [6.07, 6.45) is 2.86. The van der Waals surface area contributed by atoms with E-state index in [1.54, 1.807) is 62.8 Å². The number of benzene rings is 2. The molecule has 172 valence electrons. The Labute approximate surface area is 191 Å². The van der Waals surface area contributed by atoms with Crippen molar-refractivity contribution in [3.8, 4) is 11.5 Å². The maximum absolute atomic E-state index is 13.3. The minimum Gasteiger partial charge on any atom is -0.496 e. The van der Waals surface area contributed by atoms with Crippen LogP contribution in [0.2, 0.25) is 0 Å². The van der Waals surface area contributed by atoms with E-state index in [2.05, 4.69) is 9.82 Å². The van der Waals surface area contributed by atoms with E-state index in [4.69, 9.17) is 13.9 Å². The fourth-order valence-electron chi connectivity index (χ4n) is 3.79. The number of carbonyl (C=O) groups excluding carboxylic acids is 1. The van der Waals surface area contributed by atoms with Crippen molar-refractivity contribution in [3.05, 3.63) is 77.7 Å². The largest absolute Gasteiger partial charge is 0.496 e. The second-order valence-corrected chi connectivity index (χ2v) is 9.17. The number of amides is 1. The van der Waals surface area contributed by atoms with Gasteiger partial charge in [0, 0.05) is 12.1 Å². The summed E-state index contributed by atoms with van der Waals surface area (Å²) in [5.41, 5.74) is 2.36. The number of methoxy groups -OCH3 is 2. The monoisotopic (exact) mass is 469 g/mol. The van der Waals surface area contributed by atoms with Crippen LogP contribution >= 0.6 is 0 Å². The Kier molecular flexibility index (Phi) is 6.10. The first-order chi connectivity index (χ1) is 15.8. The van der Waals surface area contributed by atoms with Gasteiger partial charge in [-0.2, -0.15) is 5.10 Å². The molecule has 33 heavy (non-hydrogen) atoms. The van der Waals surface area contributed by atoms with Crippen LogP contribution in [0.5, 0.6) is 11.5 Å². The molecule has 9 nitrogen and oxygen atoms in total. The lowest BCUT2D eigenvalue weighted by molar-refractivity contribution is 0.0675. The van der Waals surface area contributed by atoms with Gasteiger partial charge >= 0.3 is 5.91 Å². The van der Waals surface area contributed by atoms with Crippen molar-refractivity contribution in [2.75, 3.05) is 25.2 Å². The molecule has 1 aliphatic rings. The van der Waals surface area contributed by atoms with E-state index in [1.807, 2.05) is 6.07 Å². The van der Waals surface area contributed by atoms with Gasteiger partial charge in [0.05, 0.1) is 44.1 Å². The number of anilines is 1. The zero-order chi connectivity index (χ0) is 23.6. The minimum atomic E-state index is -3.44. The van der Waals surface area contributed by atoms with Crippen LogP contribution in [-0.2, 0) is 10.0 Å². The molecular formula is C23H23N3O6S. The normalized spacial score (nSPS) is 15.8. The van der Waals surface area contributed by atoms with Gasteiger partial charge in [-0.25, -0.2) is 13.4 Å². The van der Waals surface area contributed by atoms with E-state index >= 15 is 0 Å². The molecule has 2 aromatic carbocycles. The summed E-state index contributed by atoms with van der Waals surface area (Å²) in [5, 5.41) is 5.96. The number of nitrogens with one attached hydrogen (secondary N) is 1. The zero-order valence-corrected chi connectivity index (χ0v) is 19.1. The van der Waals surface area contributed by atoms with Crippen LogP contribution < -0.4 is 14.2 Å². The number of sulfonamides is 1. The van der Waals surface area contributed by atoms with Crippen molar-refractivity contribution in [1.29, 1.82) is 0 Å². The number of hydrogen-bond donors (Lipinski definition) is 1. The van der Waals surface area contributed by atoms with Gasteiger partial charge in [-0.3, -0.25) is 9.52 Å². The Bertz CT molecular complexity index is 1280. The molecule has 0 saturated heterocycles. The van der Waals surface area contributed by atoms with E-state index in [9.17, 15) is 13.2 Å². The fourth-order valence-corrected chi connectivity index (χ4v) is 4.35. The highest BCUT2D eigenvalue weighted by Crippen LogP contribution is 2.43. The number of carbonyl (C=O) groups is 1. The van der Waals surface area contributed by atoms with Gasteiger partial charge in [0.15, 0.2) is 5.76 Å². The average molecular weight is 470 g/mol. The van der Waals surface area contributed by atoms with Crippen molar-refractivity contribution < 1.29 is 27.1 Å². The zero-order valence-electron chi connectivity index (χ0n) is 18.3. The Morgan fingerprint density at radius 2 is 1.79 bits per heavy atom. The molecule has 2 heterocycles. The van der Waals surface area contributed by atoms with Crippen LogP contribution in [0.4, 0.5) is 5.69 Å². The van der Waals surface area contributed by atoms with Gasteiger partial charge in [-0.05, 0) is 42.0 Å². The van der Waals surface area contributed by atoms with Crippen LogP contribution in [0.15, 0.2) is 70.4 Å². The summed E-state index contributed by atoms with van der Waals surface area (Å²) < 4.78 is 42.2. The summed E-state index contributed by atoms with van der Waals surface area (Å²) >= 11 is 0. The van der Waals surface area contributed by atoms with Crippen LogP contribution in [0.1, 0.15) is 34.1 Å². The van der Waals surface area contributed by atoms with Gasteiger partial charge in [0.2, 0.25) is 10.0 Å². The second-order valence-electron chi connectivity index (χ2n) is 7.42. The van der Waals surface area contributed by atoms with Gasteiger partial charge in [-0.15, -0.1) is 0 Å². The molecule has 0 spiro atoms. The lowest BCUT2D eigenvalue weighted by Gasteiger charge is -2.24. The average Bonchev–Trinajstić information content (AvgIpc) is 3.47. The highest BCUT2D eigenvalue weighted by atomic mass is 32.2. The number of nitrogens with zero attached hydrogens (tertiary/aromatic N) is 2. The van der Waals surface area contributed by atoms with Crippen molar-refractivity contribution >= 4 is 27.3 Å². The van der Waals surface area contributed by atoms with Crippen molar-refractivity contribution in [1.82, 2.24) is 5.01 Å². The Balaban J connectivity index is 1.79. The van der Waals surface area contributed by atoms with Gasteiger partial charge in [0.1, 0.15) is 11.5 Å². The Morgan fingerprint density at radius 3 is 2.39 bits per heavy atom. The van der Waals surface area contributed by atoms with E-state index in [1.165, 1.54) is 11.3 Å². The molecule has 1 atom stereocenters. The molecule has 0 radical (unpaired) electrons. The molecule has 0 saturated carbocycles. The lowest BCUT2D eigenvalue weighted by atomic mass is 9.96. The predicted molar refractivity (Wildman–Crippen MR) is 123 cm³/mol. The number of hydrogen-bond acceptors (Lipinski definition) is 7. The summed E-state index contributed by atoms with van der Waals surface area (Å²) in [6.45, 7) is 0. The molecule has 0 bridgehead atoms. The molecule has 4 rings (SSSR count). The van der Waals surface area contributed by atoms with E-state index in [0.717, 1.165) is 6.26 Å². The first-order valence-electron chi connectivity index (χ1n) is 10.0. The SMILES string of the molecule is COc1cccc(OC)c1C1CC(c2cccc(NS(C)(=O)=O)c2)=NN1C(=O)c1ccco1. The van der Waals surface area contributed by atoms with Crippen molar-refractivity contribution in [2.45, 2.75) is 12.5 Å². The molecule has 1 unspecified atom stereocenters. The third kappa shape index (κ3) is 4.70. The van der Waals surface area contributed by atoms with Crippen LogP contribution in [0, 0.1) is 0 Å². The third-order valence-electron chi connectivity index (χ3n) is 5.15. The topological polar surface area (TPSA) is 110 Å². The smallest absolute Gasteiger partial charge is 0.310 e. The molecule has 1 N–H and O–H groups in total. The standard InChI is InChI=1S/C23H23N3O6S/c1-30-19-9-5-10-20(31-2)22(19)18-14-17(24-26(18)23(27)21-11-6-12-32-21)15-7-4-8-16(13-15)25-33(3,28)29/h4-13,18,25H,14H2,1-3H3. The van der Waals surface area contributed by atoms with Gasteiger partial charge in [0.25, 0.3) is 0 Å². The summed E-state index contributed by atoms with van der Waals surface area (Å²) in [4.78, 5) is 13.3. The maximum Gasteiger partial charge on any atom is 0.310 e. The molecule has 0 aliphatic carbocycles. The van der Waals surface area contributed by atoms with Crippen LogP contribution in [0.25, 0.3) is 0 Å². The van der Waals surface area contributed by atoms with Crippen LogP contribution in [-0.4, -0.2) is 45.5 Å². The summed E-state index contributed by atoms with van der Waals surface area (Å²) in [6, 6.07) is 14.9. The van der Waals surface area contributed by atoms with Crippen molar-refractivity contribution in [2.24, 2.45) is 5.10 Å². The second kappa shape index (κ2) is 8.99. The van der Waals surface area contributed by atoms with Gasteiger partial charge in [-0.1, -0.05) is 18.2 Å². The van der Waals surface area contributed by atoms with E-state index < -0.39 is 22.0 Å². The predicted octanol–water partition coefficient (Wildman–Crippen LogP) is 3.66. The highest BCUT2D eigenvalue weighted by Gasteiger charge is 2.38. The fraction of sp³-hybridized carbons (Fsp3) is 0.217. The molecule has 0 fully saturated rings. The number of hydrazone groups is 1. The molecule has 10 heteroatoms. The number of rotatable bonds is 7.